The van der Waals surface area contributed by atoms with Crippen molar-refractivity contribution in [2.24, 2.45) is 0 Å². The summed E-state index contributed by atoms with van der Waals surface area (Å²) in [5.74, 6) is -0.198. The summed E-state index contributed by atoms with van der Waals surface area (Å²) in [7, 11) is 1.43. The van der Waals surface area contributed by atoms with Crippen LogP contribution in [0.5, 0.6) is 11.5 Å². The molecule has 0 aliphatic carbocycles. The third kappa shape index (κ3) is 2.95. The van der Waals surface area contributed by atoms with E-state index in [1.54, 1.807) is 6.07 Å². The number of hydrogen-bond donors (Lipinski definition) is 2. The number of nitrogens with zero attached hydrogens (tertiary/aromatic N) is 1. The summed E-state index contributed by atoms with van der Waals surface area (Å²) in [6.45, 7) is 0. The summed E-state index contributed by atoms with van der Waals surface area (Å²) < 4.78 is 4.90. The molecule has 1 heterocycles. The second kappa shape index (κ2) is 5.58. The minimum absolute atomic E-state index is 0.104. The lowest BCUT2D eigenvalue weighted by Crippen LogP contribution is -2.12. The van der Waals surface area contributed by atoms with E-state index in [2.05, 4.69) is 10.3 Å². The van der Waals surface area contributed by atoms with Crippen molar-refractivity contribution in [3.63, 3.8) is 0 Å². The van der Waals surface area contributed by atoms with Crippen molar-refractivity contribution in [3.05, 3.63) is 47.2 Å². The summed E-state index contributed by atoms with van der Waals surface area (Å²) in [6.07, 6.45) is 2.97. The van der Waals surface area contributed by atoms with Gasteiger partial charge in [-0.3, -0.25) is 9.78 Å². The number of rotatable bonds is 3. The molecule has 0 spiro atoms. The van der Waals surface area contributed by atoms with Crippen LogP contribution in [0.15, 0.2) is 36.7 Å². The number of carbonyl (C=O) groups is 1. The van der Waals surface area contributed by atoms with Crippen molar-refractivity contribution >= 4 is 23.2 Å². The van der Waals surface area contributed by atoms with Gasteiger partial charge in [-0.05, 0) is 24.3 Å². The van der Waals surface area contributed by atoms with Crippen LogP contribution in [0, 0.1) is 0 Å². The molecule has 2 N–H and O–H groups in total. The van der Waals surface area contributed by atoms with Crippen LogP contribution < -0.4 is 10.1 Å². The molecule has 19 heavy (non-hydrogen) atoms. The number of aromatic hydroxyl groups is 1. The van der Waals surface area contributed by atoms with Crippen LogP contribution in [0.4, 0.5) is 5.69 Å². The van der Waals surface area contributed by atoms with Gasteiger partial charge in [0.15, 0.2) is 11.5 Å². The van der Waals surface area contributed by atoms with E-state index < -0.39 is 5.91 Å². The molecule has 0 atom stereocenters. The van der Waals surface area contributed by atoms with Gasteiger partial charge in [0.1, 0.15) is 0 Å². The van der Waals surface area contributed by atoms with E-state index in [4.69, 9.17) is 16.3 Å². The van der Waals surface area contributed by atoms with Crippen molar-refractivity contribution in [3.8, 4) is 11.5 Å². The summed E-state index contributed by atoms with van der Waals surface area (Å²) in [4.78, 5) is 15.8. The van der Waals surface area contributed by atoms with Crippen molar-refractivity contribution in [2.45, 2.75) is 0 Å². The summed E-state index contributed by atoms with van der Waals surface area (Å²) in [6, 6.07) is 5.94. The monoisotopic (exact) mass is 278 g/mol. The molecule has 0 saturated carbocycles. The first-order valence-electron chi connectivity index (χ1n) is 5.39. The number of ether oxygens (including phenoxy) is 1. The van der Waals surface area contributed by atoms with Crippen LogP contribution in [-0.2, 0) is 0 Å². The van der Waals surface area contributed by atoms with Crippen molar-refractivity contribution in [2.75, 3.05) is 12.4 Å². The maximum absolute atomic E-state index is 12.0. The molecule has 2 aromatic rings. The number of pyridine rings is 1. The summed E-state index contributed by atoms with van der Waals surface area (Å²) in [5, 5.41) is 12.6. The van der Waals surface area contributed by atoms with Gasteiger partial charge in [-0.15, -0.1) is 0 Å². The quantitative estimate of drug-likeness (QED) is 0.905. The van der Waals surface area contributed by atoms with Crippen LogP contribution >= 0.6 is 11.6 Å². The Morgan fingerprint density at radius 2 is 2.21 bits per heavy atom. The standard InChI is InChI=1S/C13H11ClN2O3/c1-19-12-3-2-8(6-11(12)17)13(18)16-10-7-15-5-4-9(10)14/h2-7,17H,1H3,(H,16,18). The Kier molecular flexibility index (Phi) is 3.87. The molecule has 0 radical (unpaired) electrons. The minimum atomic E-state index is -0.396. The van der Waals surface area contributed by atoms with Gasteiger partial charge in [-0.25, -0.2) is 0 Å². The highest BCUT2D eigenvalue weighted by Gasteiger charge is 2.11. The summed E-state index contributed by atoms with van der Waals surface area (Å²) >= 11 is 5.91. The zero-order chi connectivity index (χ0) is 13.8. The maximum Gasteiger partial charge on any atom is 0.255 e. The van der Waals surface area contributed by atoms with Gasteiger partial charge in [0.2, 0.25) is 0 Å². The lowest BCUT2D eigenvalue weighted by Gasteiger charge is -2.08. The van der Waals surface area contributed by atoms with Crippen LogP contribution in [0.1, 0.15) is 10.4 Å². The van der Waals surface area contributed by atoms with Crippen LogP contribution in [0.3, 0.4) is 0 Å². The van der Waals surface area contributed by atoms with Crippen molar-refractivity contribution < 1.29 is 14.6 Å². The zero-order valence-electron chi connectivity index (χ0n) is 10.1. The molecule has 1 amide bonds. The molecule has 5 nitrogen and oxygen atoms in total. The first-order chi connectivity index (χ1) is 9.11. The SMILES string of the molecule is COc1ccc(C(=O)Nc2cnccc2Cl)cc1O. The Balaban J connectivity index is 2.21. The molecule has 0 aliphatic rings. The first-order valence-corrected chi connectivity index (χ1v) is 5.77. The summed E-state index contributed by atoms with van der Waals surface area (Å²) in [5.41, 5.74) is 0.697. The number of amides is 1. The number of carbonyl (C=O) groups excluding carboxylic acids is 1. The van der Waals surface area contributed by atoms with Gasteiger partial charge in [0, 0.05) is 11.8 Å². The number of nitrogens with one attached hydrogen (secondary N) is 1. The molecule has 0 fully saturated rings. The van der Waals surface area contributed by atoms with Gasteiger partial charge < -0.3 is 15.2 Å². The molecular weight excluding hydrogens is 268 g/mol. The van der Waals surface area contributed by atoms with E-state index in [0.717, 1.165) is 0 Å². The van der Waals surface area contributed by atoms with Crippen molar-refractivity contribution in [1.82, 2.24) is 4.98 Å². The molecule has 1 aromatic heterocycles. The average Bonchev–Trinajstić information content (AvgIpc) is 2.41. The van der Waals surface area contributed by atoms with Gasteiger partial charge >= 0.3 is 0 Å². The predicted molar refractivity (Wildman–Crippen MR) is 71.9 cm³/mol. The molecule has 0 unspecified atom stereocenters. The lowest BCUT2D eigenvalue weighted by atomic mass is 10.2. The third-order valence-electron chi connectivity index (χ3n) is 2.46. The van der Waals surface area contributed by atoms with Gasteiger partial charge in [0.05, 0.1) is 24.0 Å². The number of anilines is 1. The molecule has 98 valence electrons. The smallest absolute Gasteiger partial charge is 0.255 e. The molecule has 2 rings (SSSR count). The molecule has 1 aromatic carbocycles. The fraction of sp³-hybridized carbons (Fsp3) is 0.0769. The molecular formula is C13H11ClN2O3. The van der Waals surface area contributed by atoms with Crippen LogP contribution in [-0.4, -0.2) is 23.1 Å². The van der Waals surface area contributed by atoms with Crippen LogP contribution in [0.2, 0.25) is 5.02 Å². The van der Waals surface area contributed by atoms with Gasteiger partial charge in [-0.2, -0.15) is 0 Å². The number of benzene rings is 1. The first kappa shape index (κ1) is 13.2. The topological polar surface area (TPSA) is 71.5 Å². The van der Waals surface area contributed by atoms with Crippen molar-refractivity contribution in [1.29, 1.82) is 0 Å². The van der Waals surface area contributed by atoms with E-state index in [0.29, 0.717) is 22.0 Å². The highest BCUT2D eigenvalue weighted by Crippen LogP contribution is 2.27. The Morgan fingerprint density at radius 3 is 2.84 bits per heavy atom. The second-order valence-electron chi connectivity index (χ2n) is 3.70. The Hall–Kier alpha value is -2.27. The van der Waals surface area contributed by atoms with E-state index >= 15 is 0 Å². The number of halogens is 1. The molecule has 0 aliphatic heterocycles. The lowest BCUT2D eigenvalue weighted by molar-refractivity contribution is 0.102. The highest BCUT2D eigenvalue weighted by molar-refractivity contribution is 6.33. The molecule has 0 saturated heterocycles. The highest BCUT2D eigenvalue weighted by atomic mass is 35.5. The van der Waals surface area contributed by atoms with Crippen LogP contribution in [0.25, 0.3) is 0 Å². The largest absolute Gasteiger partial charge is 0.504 e. The normalized spacial score (nSPS) is 10.0. The molecule has 6 heteroatoms. The minimum Gasteiger partial charge on any atom is -0.504 e. The van der Waals surface area contributed by atoms with E-state index in [-0.39, 0.29) is 5.75 Å². The predicted octanol–water partition coefficient (Wildman–Crippen LogP) is 2.70. The maximum atomic E-state index is 12.0. The fourth-order valence-corrected chi connectivity index (χ4v) is 1.65. The number of hydrogen-bond acceptors (Lipinski definition) is 4. The number of aromatic nitrogens is 1. The Labute approximate surface area is 114 Å². The van der Waals surface area contributed by atoms with E-state index in [1.165, 1.54) is 37.7 Å². The van der Waals surface area contributed by atoms with Gasteiger partial charge in [0.25, 0.3) is 5.91 Å². The number of phenolic OH excluding ortho intramolecular Hbond substituents is 1. The van der Waals surface area contributed by atoms with E-state index in [1.807, 2.05) is 0 Å². The van der Waals surface area contributed by atoms with Gasteiger partial charge in [-0.1, -0.05) is 11.6 Å². The Bertz CT molecular complexity index is 617. The number of methoxy groups -OCH3 is 1. The number of phenols is 1. The fourth-order valence-electron chi connectivity index (χ4n) is 1.50. The third-order valence-corrected chi connectivity index (χ3v) is 2.79. The Morgan fingerprint density at radius 1 is 1.42 bits per heavy atom. The average molecular weight is 279 g/mol. The second-order valence-corrected chi connectivity index (χ2v) is 4.10. The molecule has 0 bridgehead atoms. The van der Waals surface area contributed by atoms with E-state index in [9.17, 15) is 9.90 Å². The zero-order valence-corrected chi connectivity index (χ0v) is 10.8.